The number of fused-ring (bicyclic) bond motifs is 1. The van der Waals surface area contributed by atoms with Crippen LogP contribution in [0, 0.1) is 11.3 Å². The van der Waals surface area contributed by atoms with E-state index in [2.05, 4.69) is 15.0 Å². The molecule has 12 heteroatoms. The second-order valence-electron chi connectivity index (χ2n) is 6.84. The lowest BCUT2D eigenvalue weighted by Crippen LogP contribution is -2.31. The number of nitrogens with two attached hydrogens (primary N) is 2. The minimum Gasteiger partial charge on any atom is -0.382 e. The summed E-state index contributed by atoms with van der Waals surface area (Å²) in [6, 6.07) is 11.6. The number of aromatic nitrogens is 4. The van der Waals surface area contributed by atoms with Crippen molar-refractivity contribution in [2.24, 2.45) is 0 Å². The van der Waals surface area contributed by atoms with Gasteiger partial charge in [0.25, 0.3) is 5.56 Å². The van der Waals surface area contributed by atoms with Crippen molar-refractivity contribution in [2.45, 2.75) is 6.92 Å². The zero-order valence-corrected chi connectivity index (χ0v) is 19.3. The Hall–Kier alpha value is -3.58. The van der Waals surface area contributed by atoms with Crippen LogP contribution < -0.4 is 21.9 Å². The van der Waals surface area contributed by atoms with E-state index in [9.17, 15) is 10.1 Å². The third kappa shape index (κ3) is 4.00. The summed E-state index contributed by atoms with van der Waals surface area (Å²) in [5.41, 5.74) is 11.9. The molecule has 9 nitrogen and oxygen atoms in total. The SMILES string of the molecule is CCN(c1nc(N)nc(N)c1C#N)c1nc2cccc(Cl)c2c(=O)n1-c1cc(Cl)cc(Cl)c1. The molecule has 4 aromatic rings. The van der Waals surface area contributed by atoms with Crippen molar-refractivity contribution in [1.29, 1.82) is 5.26 Å². The number of nitrogens with zero attached hydrogens (tertiary/aromatic N) is 6. The molecule has 0 amide bonds. The lowest BCUT2D eigenvalue weighted by atomic mass is 10.2. The molecule has 0 aliphatic carbocycles. The van der Waals surface area contributed by atoms with Crippen LogP contribution in [0.25, 0.3) is 16.6 Å². The number of rotatable bonds is 4. The van der Waals surface area contributed by atoms with Crippen molar-refractivity contribution >= 4 is 69.2 Å². The Kier molecular flexibility index (Phi) is 5.99. The third-order valence-electron chi connectivity index (χ3n) is 4.79. The van der Waals surface area contributed by atoms with Gasteiger partial charge in [-0.15, -0.1) is 0 Å². The number of nitriles is 1. The van der Waals surface area contributed by atoms with E-state index in [1.807, 2.05) is 6.07 Å². The van der Waals surface area contributed by atoms with Crippen LogP contribution in [-0.4, -0.2) is 26.1 Å². The molecule has 4 N–H and O–H groups in total. The molecule has 166 valence electrons. The van der Waals surface area contributed by atoms with Gasteiger partial charge >= 0.3 is 0 Å². The molecule has 4 rings (SSSR count). The highest BCUT2D eigenvalue weighted by Gasteiger charge is 2.25. The van der Waals surface area contributed by atoms with Crippen molar-refractivity contribution in [3.63, 3.8) is 0 Å². The molecule has 0 unspecified atom stereocenters. The summed E-state index contributed by atoms with van der Waals surface area (Å²) in [7, 11) is 0. The van der Waals surface area contributed by atoms with Crippen molar-refractivity contribution < 1.29 is 0 Å². The van der Waals surface area contributed by atoms with Gasteiger partial charge in [-0.05, 0) is 37.3 Å². The molecule has 2 aromatic carbocycles. The van der Waals surface area contributed by atoms with E-state index in [1.54, 1.807) is 37.3 Å². The van der Waals surface area contributed by atoms with Crippen molar-refractivity contribution in [3.05, 3.63) is 67.4 Å². The van der Waals surface area contributed by atoms with Gasteiger partial charge in [-0.3, -0.25) is 9.69 Å². The Morgan fingerprint density at radius 2 is 1.79 bits per heavy atom. The fraction of sp³-hybridized carbons (Fsp3) is 0.0952. The standard InChI is InChI=1S/C21H15Cl3N8O/c1-2-31(18-13(9-25)17(26)29-20(27)30-18)21-28-15-5-3-4-14(24)16(15)19(33)32(21)12-7-10(22)6-11(23)8-12/h3-8H,2H2,1H3,(H4,26,27,29,30). The fourth-order valence-corrected chi connectivity index (χ4v) is 4.20. The first-order valence-corrected chi connectivity index (χ1v) is 10.7. The number of benzene rings is 2. The van der Waals surface area contributed by atoms with Crippen LogP contribution in [0.3, 0.4) is 0 Å². The Morgan fingerprint density at radius 3 is 2.42 bits per heavy atom. The maximum atomic E-state index is 13.7. The number of hydrogen-bond donors (Lipinski definition) is 2. The summed E-state index contributed by atoms with van der Waals surface area (Å²) in [4.78, 5) is 28.0. The smallest absolute Gasteiger partial charge is 0.268 e. The molecule has 0 radical (unpaired) electrons. The van der Waals surface area contributed by atoms with Gasteiger partial charge in [-0.1, -0.05) is 40.9 Å². The minimum absolute atomic E-state index is 0.0119. The third-order valence-corrected chi connectivity index (χ3v) is 5.55. The lowest BCUT2D eigenvalue weighted by Gasteiger charge is -2.26. The molecule has 0 saturated carbocycles. The first-order valence-electron chi connectivity index (χ1n) is 9.53. The van der Waals surface area contributed by atoms with E-state index < -0.39 is 5.56 Å². The molecule has 0 atom stereocenters. The Bertz CT molecular complexity index is 1490. The topological polar surface area (TPSA) is 140 Å². The lowest BCUT2D eigenvalue weighted by molar-refractivity contribution is 0.859. The second kappa shape index (κ2) is 8.75. The summed E-state index contributed by atoms with van der Waals surface area (Å²) in [5, 5.41) is 10.7. The maximum Gasteiger partial charge on any atom is 0.268 e. The first-order chi connectivity index (χ1) is 15.7. The average Bonchev–Trinajstić information content (AvgIpc) is 2.73. The van der Waals surface area contributed by atoms with Crippen molar-refractivity contribution in [1.82, 2.24) is 19.5 Å². The van der Waals surface area contributed by atoms with Gasteiger partial charge in [0.1, 0.15) is 17.5 Å². The largest absolute Gasteiger partial charge is 0.382 e. The Balaban J connectivity index is 2.15. The average molecular weight is 502 g/mol. The van der Waals surface area contributed by atoms with Gasteiger partial charge in [-0.2, -0.15) is 15.2 Å². The molecular weight excluding hydrogens is 487 g/mol. The van der Waals surface area contributed by atoms with Crippen LogP contribution in [0.15, 0.2) is 41.2 Å². The summed E-state index contributed by atoms with van der Waals surface area (Å²) in [6.07, 6.45) is 0. The van der Waals surface area contributed by atoms with Crippen LogP contribution in [0.1, 0.15) is 12.5 Å². The molecule has 0 spiro atoms. The van der Waals surface area contributed by atoms with Crippen molar-refractivity contribution in [2.75, 3.05) is 22.9 Å². The number of nitrogen functional groups attached to an aromatic ring is 2. The zero-order chi connectivity index (χ0) is 23.9. The summed E-state index contributed by atoms with van der Waals surface area (Å²) in [5.74, 6) is -0.00443. The normalized spacial score (nSPS) is 10.9. The van der Waals surface area contributed by atoms with E-state index in [4.69, 9.17) is 46.3 Å². The molecule has 0 aliphatic rings. The molecule has 33 heavy (non-hydrogen) atoms. The summed E-state index contributed by atoms with van der Waals surface area (Å²) in [6.45, 7) is 2.04. The summed E-state index contributed by atoms with van der Waals surface area (Å²) >= 11 is 18.8. The monoisotopic (exact) mass is 500 g/mol. The Labute approximate surface area is 202 Å². The van der Waals surface area contributed by atoms with Gasteiger partial charge in [0.15, 0.2) is 5.82 Å². The molecule has 2 heterocycles. The predicted octanol–water partition coefficient (Wildman–Crippen LogP) is 4.33. The van der Waals surface area contributed by atoms with Crippen LogP contribution in [0.4, 0.5) is 23.5 Å². The first kappa shape index (κ1) is 22.6. The van der Waals surface area contributed by atoms with Gasteiger partial charge in [0.05, 0.1) is 21.6 Å². The van der Waals surface area contributed by atoms with Gasteiger partial charge < -0.3 is 11.5 Å². The highest BCUT2D eigenvalue weighted by Crippen LogP contribution is 2.32. The molecule has 0 bridgehead atoms. The molecule has 0 fully saturated rings. The second-order valence-corrected chi connectivity index (χ2v) is 8.12. The van der Waals surface area contributed by atoms with Crippen LogP contribution >= 0.6 is 34.8 Å². The molecule has 2 aromatic heterocycles. The van der Waals surface area contributed by atoms with E-state index in [0.29, 0.717) is 21.2 Å². The van der Waals surface area contributed by atoms with Crippen molar-refractivity contribution in [3.8, 4) is 11.8 Å². The van der Waals surface area contributed by atoms with E-state index in [0.717, 1.165) is 0 Å². The van der Waals surface area contributed by atoms with Crippen LogP contribution in [0.5, 0.6) is 0 Å². The van der Waals surface area contributed by atoms with Crippen LogP contribution in [-0.2, 0) is 0 Å². The molecule has 0 saturated heterocycles. The van der Waals surface area contributed by atoms with Crippen LogP contribution in [0.2, 0.25) is 15.1 Å². The number of anilines is 4. The van der Waals surface area contributed by atoms with Gasteiger partial charge in [0.2, 0.25) is 11.9 Å². The highest BCUT2D eigenvalue weighted by molar-refractivity contribution is 6.35. The number of hydrogen-bond acceptors (Lipinski definition) is 8. The van der Waals surface area contributed by atoms with E-state index >= 15 is 0 Å². The highest BCUT2D eigenvalue weighted by atomic mass is 35.5. The predicted molar refractivity (Wildman–Crippen MR) is 131 cm³/mol. The maximum absolute atomic E-state index is 13.7. The number of halogens is 3. The van der Waals surface area contributed by atoms with Gasteiger partial charge in [0, 0.05) is 16.6 Å². The quantitative estimate of drug-likeness (QED) is 0.421. The fourth-order valence-electron chi connectivity index (χ4n) is 3.43. The van der Waals surface area contributed by atoms with E-state index in [1.165, 1.54) is 15.5 Å². The Morgan fingerprint density at radius 1 is 1.09 bits per heavy atom. The van der Waals surface area contributed by atoms with Gasteiger partial charge in [-0.25, -0.2) is 9.55 Å². The molecular formula is C21H15Cl3N8O. The minimum atomic E-state index is -0.467. The molecule has 0 aliphatic heterocycles. The summed E-state index contributed by atoms with van der Waals surface area (Å²) < 4.78 is 1.30. The zero-order valence-electron chi connectivity index (χ0n) is 17.1. The van der Waals surface area contributed by atoms with E-state index in [-0.39, 0.29) is 46.0 Å².